The van der Waals surface area contributed by atoms with Gasteiger partial charge in [-0.2, -0.15) is 0 Å². The fourth-order valence-electron chi connectivity index (χ4n) is 6.41. The molecule has 0 saturated carbocycles. The van der Waals surface area contributed by atoms with E-state index < -0.39 is 0 Å². The number of hydrogen-bond acceptors (Lipinski definition) is 2. The zero-order valence-corrected chi connectivity index (χ0v) is 24.7. The monoisotopic (exact) mass is 501 g/mol. The van der Waals surface area contributed by atoms with Crippen molar-refractivity contribution in [2.24, 2.45) is 5.92 Å². The maximum absolute atomic E-state index is 4.18. The predicted octanol–water partition coefficient (Wildman–Crippen LogP) is 8.48. The summed E-state index contributed by atoms with van der Waals surface area (Å²) in [7, 11) is 0. The lowest BCUT2D eigenvalue weighted by Gasteiger charge is -2.42. The summed E-state index contributed by atoms with van der Waals surface area (Å²) in [5, 5.41) is 1.37. The summed E-state index contributed by atoms with van der Waals surface area (Å²) in [6.45, 7) is 25.1. The maximum atomic E-state index is 4.18. The van der Waals surface area contributed by atoms with Crippen molar-refractivity contribution in [1.29, 1.82) is 0 Å². The number of aromatic amines is 1. The number of aromatic nitrogens is 1. The second kappa shape index (κ2) is 12.2. The van der Waals surface area contributed by atoms with E-state index in [1.54, 1.807) is 0 Å². The molecular formula is C34H51N3. The third kappa shape index (κ3) is 6.49. The van der Waals surface area contributed by atoms with Gasteiger partial charge in [-0.15, -0.1) is 0 Å². The largest absolute Gasteiger partial charge is 0.354 e. The van der Waals surface area contributed by atoms with Crippen LogP contribution in [0.15, 0.2) is 48.1 Å². The first-order valence-electron chi connectivity index (χ1n) is 14.8. The second-order valence-electron chi connectivity index (χ2n) is 12.2. The van der Waals surface area contributed by atoms with Crippen LogP contribution < -0.4 is 0 Å². The van der Waals surface area contributed by atoms with Crippen LogP contribution in [0.5, 0.6) is 0 Å². The number of rotatable bonds is 8. The lowest BCUT2D eigenvalue weighted by atomic mass is 9.87. The molecule has 3 heteroatoms. The van der Waals surface area contributed by atoms with Crippen molar-refractivity contribution in [3.05, 3.63) is 64.9 Å². The van der Waals surface area contributed by atoms with Crippen LogP contribution in [0.2, 0.25) is 0 Å². The van der Waals surface area contributed by atoms with Crippen molar-refractivity contribution >= 4 is 16.5 Å². The number of allylic oxidation sites excluding steroid dienone is 5. The van der Waals surface area contributed by atoms with Gasteiger partial charge in [-0.25, -0.2) is 0 Å². The number of piperidine rings is 2. The topological polar surface area (TPSA) is 22.3 Å². The first-order valence-corrected chi connectivity index (χ1v) is 14.8. The molecule has 3 nitrogen and oxygen atoms in total. The summed E-state index contributed by atoms with van der Waals surface area (Å²) in [6.07, 6.45) is 11.0. The van der Waals surface area contributed by atoms with Crippen molar-refractivity contribution in [2.45, 2.75) is 98.6 Å². The third-order valence-electron chi connectivity index (χ3n) is 9.29. The maximum Gasteiger partial charge on any atom is 0.0494 e. The number of fused-ring (bicyclic) bond motifs is 1. The molecule has 0 spiro atoms. The Hall–Kier alpha value is -2.10. The zero-order valence-electron chi connectivity index (χ0n) is 24.7. The SMILES string of the molecule is C=C(C)/C=C(\C=C(\C)C(C)CC)c1[nH]c2ccc(C3CCN(C4CCN(C(C)C)CC4)CC3)cc2c1C. The molecule has 0 aliphatic carbocycles. The Labute approximate surface area is 226 Å². The standard InChI is InChI=1S/C34H51N3/c1-9-25(6)26(7)21-30(20-23(2)3)34-27(8)32-22-29(10-11-33(32)35-34)28-12-16-37(17-13-28)31-14-18-36(19-15-31)24(4)5/h10-11,20-22,24-25,28,31,35H,2,9,12-19H2,1,3-8H3/b26-21-,30-20+. The molecule has 2 aromatic rings. The quantitative estimate of drug-likeness (QED) is 0.366. The molecule has 1 aromatic heterocycles. The first kappa shape index (κ1) is 27.9. The van der Waals surface area contributed by atoms with Crippen molar-refractivity contribution in [1.82, 2.24) is 14.8 Å². The average Bonchev–Trinajstić information content (AvgIpc) is 3.23. The predicted molar refractivity (Wildman–Crippen MR) is 162 cm³/mol. The second-order valence-corrected chi connectivity index (χ2v) is 12.2. The van der Waals surface area contributed by atoms with E-state index in [4.69, 9.17) is 0 Å². The number of benzene rings is 1. The summed E-state index contributed by atoms with van der Waals surface area (Å²) < 4.78 is 0. The number of hydrogen-bond donors (Lipinski definition) is 1. The molecule has 1 unspecified atom stereocenters. The Morgan fingerprint density at radius 3 is 2.30 bits per heavy atom. The fraction of sp³-hybridized carbons (Fsp3) is 0.588. The average molecular weight is 502 g/mol. The Morgan fingerprint density at radius 1 is 1.03 bits per heavy atom. The van der Waals surface area contributed by atoms with Gasteiger partial charge in [0.1, 0.15) is 0 Å². The molecule has 1 aromatic carbocycles. The van der Waals surface area contributed by atoms with Crippen molar-refractivity contribution in [3.8, 4) is 0 Å². The van der Waals surface area contributed by atoms with Gasteiger partial charge >= 0.3 is 0 Å². The lowest BCUT2D eigenvalue weighted by Crippen LogP contribution is -2.48. The third-order valence-corrected chi connectivity index (χ3v) is 9.29. The van der Waals surface area contributed by atoms with Gasteiger partial charge in [0, 0.05) is 28.7 Å². The fourth-order valence-corrected chi connectivity index (χ4v) is 6.41. The van der Waals surface area contributed by atoms with E-state index in [9.17, 15) is 0 Å². The summed E-state index contributed by atoms with van der Waals surface area (Å²) in [5.41, 5.74) is 9.11. The number of nitrogens with zero attached hydrogens (tertiary/aromatic N) is 2. The molecule has 2 aliphatic rings. The molecule has 202 valence electrons. The summed E-state index contributed by atoms with van der Waals surface area (Å²) >= 11 is 0. The van der Waals surface area contributed by atoms with Gasteiger partial charge in [0.25, 0.3) is 0 Å². The Kier molecular flexibility index (Phi) is 9.19. The molecule has 1 atom stereocenters. The van der Waals surface area contributed by atoms with Crippen LogP contribution in [0.1, 0.15) is 96.4 Å². The van der Waals surface area contributed by atoms with Crippen LogP contribution >= 0.6 is 0 Å². The normalized spacial score (nSPS) is 20.8. The molecule has 37 heavy (non-hydrogen) atoms. The number of aryl methyl sites for hydroxylation is 1. The summed E-state index contributed by atoms with van der Waals surface area (Å²) in [5.74, 6) is 1.26. The van der Waals surface area contributed by atoms with Gasteiger partial charge in [0.2, 0.25) is 0 Å². The van der Waals surface area contributed by atoms with E-state index in [-0.39, 0.29) is 0 Å². The minimum atomic E-state index is 0.582. The molecule has 2 saturated heterocycles. The van der Waals surface area contributed by atoms with Crippen molar-refractivity contribution in [2.75, 3.05) is 26.2 Å². The van der Waals surface area contributed by atoms with E-state index in [0.29, 0.717) is 17.9 Å². The molecule has 0 amide bonds. The number of H-pyrrole nitrogens is 1. The van der Waals surface area contributed by atoms with Crippen molar-refractivity contribution < 1.29 is 0 Å². The minimum absolute atomic E-state index is 0.582. The number of nitrogens with one attached hydrogen (secondary N) is 1. The molecule has 3 heterocycles. The molecular weight excluding hydrogens is 450 g/mol. The van der Waals surface area contributed by atoms with Gasteiger partial charge in [0.05, 0.1) is 0 Å². The van der Waals surface area contributed by atoms with Crippen LogP contribution in [0.4, 0.5) is 0 Å². The van der Waals surface area contributed by atoms with E-state index in [1.807, 2.05) is 0 Å². The zero-order chi connectivity index (χ0) is 26.7. The molecule has 2 fully saturated rings. The molecule has 0 radical (unpaired) electrons. The Morgan fingerprint density at radius 2 is 1.70 bits per heavy atom. The van der Waals surface area contributed by atoms with Crippen LogP contribution in [0.3, 0.4) is 0 Å². The molecule has 4 rings (SSSR count). The molecule has 0 bridgehead atoms. The van der Waals surface area contributed by atoms with E-state index in [2.05, 4.69) is 100 Å². The van der Waals surface area contributed by atoms with Crippen LogP contribution in [-0.4, -0.2) is 53.0 Å². The number of likely N-dealkylation sites (tertiary alicyclic amines) is 2. The van der Waals surface area contributed by atoms with Gasteiger partial charge in [-0.05, 0) is 134 Å². The highest BCUT2D eigenvalue weighted by Gasteiger charge is 2.29. The van der Waals surface area contributed by atoms with Gasteiger partial charge < -0.3 is 14.8 Å². The van der Waals surface area contributed by atoms with Crippen LogP contribution in [0, 0.1) is 12.8 Å². The minimum Gasteiger partial charge on any atom is -0.354 e. The van der Waals surface area contributed by atoms with Crippen LogP contribution in [-0.2, 0) is 0 Å². The van der Waals surface area contributed by atoms with E-state index in [0.717, 1.165) is 18.0 Å². The van der Waals surface area contributed by atoms with E-state index in [1.165, 1.54) is 90.7 Å². The molecule has 1 N–H and O–H groups in total. The summed E-state index contributed by atoms with van der Waals surface area (Å²) in [4.78, 5) is 9.20. The first-order chi connectivity index (χ1) is 17.7. The van der Waals surface area contributed by atoms with Gasteiger partial charge in [-0.3, -0.25) is 0 Å². The van der Waals surface area contributed by atoms with Gasteiger partial charge in [-0.1, -0.05) is 49.8 Å². The van der Waals surface area contributed by atoms with Crippen LogP contribution in [0.25, 0.3) is 16.5 Å². The lowest BCUT2D eigenvalue weighted by molar-refractivity contribution is 0.0753. The summed E-state index contributed by atoms with van der Waals surface area (Å²) in [6, 6.07) is 8.66. The Bertz CT molecular complexity index is 1130. The van der Waals surface area contributed by atoms with Crippen molar-refractivity contribution in [3.63, 3.8) is 0 Å². The highest BCUT2D eigenvalue weighted by Crippen LogP contribution is 2.35. The molecule has 2 aliphatic heterocycles. The van der Waals surface area contributed by atoms with Gasteiger partial charge in [0.15, 0.2) is 0 Å². The smallest absolute Gasteiger partial charge is 0.0494 e. The Balaban J connectivity index is 1.49. The highest BCUT2D eigenvalue weighted by molar-refractivity contribution is 5.91. The van der Waals surface area contributed by atoms with E-state index >= 15 is 0 Å². The highest BCUT2D eigenvalue weighted by atomic mass is 15.2.